The Kier molecular flexibility index (Phi) is 15.9. The summed E-state index contributed by atoms with van der Waals surface area (Å²) in [5.41, 5.74) is 3.81. The number of aryl methyl sites for hydroxylation is 1. The van der Waals surface area contributed by atoms with Crippen LogP contribution in [-0.4, -0.2) is 13.1 Å². The molecule has 0 fully saturated rings. The summed E-state index contributed by atoms with van der Waals surface area (Å²) in [6.07, 6.45) is 28.7. The summed E-state index contributed by atoms with van der Waals surface area (Å²) in [6.45, 7) is 9.94. The van der Waals surface area contributed by atoms with Crippen molar-refractivity contribution in [2.75, 3.05) is 18.0 Å². The van der Waals surface area contributed by atoms with Crippen LogP contribution in [0.25, 0.3) is 12.2 Å². The lowest BCUT2D eigenvalue weighted by Crippen LogP contribution is -2.32. The van der Waals surface area contributed by atoms with Crippen molar-refractivity contribution < 1.29 is 4.57 Å². The van der Waals surface area contributed by atoms with Crippen molar-refractivity contribution in [1.82, 2.24) is 0 Å². The summed E-state index contributed by atoms with van der Waals surface area (Å²) in [5, 5.41) is 0. The van der Waals surface area contributed by atoms with Crippen molar-refractivity contribution in [1.29, 1.82) is 0 Å². The standard InChI is InChI=1S/C33H53N2/c1-4-7-8-9-10-11-12-13-14-15-16-17-18-19-28-34-29-26-32(27-30-34)21-20-31-22-24-33(25-23-31)35(5-2)6-3/h20-27,29-30H,4-19,28H2,1-3H3/q+1. The van der Waals surface area contributed by atoms with Gasteiger partial charge in [0.25, 0.3) is 0 Å². The molecule has 1 aromatic carbocycles. The van der Waals surface area contributed by atoms with Crippen LogP contribution in [0, 0.1) is 0 Å². The Morgan fingerprint density at radius 1 is 0.543 bits per heavy atom. The lowest BCUT2D eigenvalue weighted by Gasteiger charge is -2.20. The molecule has 2 nitrogen and oxygen atoms in total. The predicted octanol–water partition coefficient (Wildman–Crippen LogP) is 9.47. The van der Waals surface area contributed by atoms with Gasteiger partial charge in [-0.3, -0.25) is 0 Å². The van der Waals surface area contributed by atoms with Crippen molar-refractivity contribution in [3.05, 3.63) is 59.9 Å². The van der Waals surface area contributed by atoms with Crippen molar-refractivity contribution in [2.24, 2.45) is 0 Å². The van der Waals surface area contributed by atoms with Crippen LogP contribution < -0.4 is 9.47 Å². The van der Waals surface area contributed by atoms with Gasteiger partial charge in [0.05, 0.1) is 0 Å². The van der Waals surface area contributed by atoms with Crippen LogP contribution >= 0.6 is 0 Å². The van der Waals surface area contributed by atoms with Gasteiger partial charge in [-0.1, -0.05) is 108 Å². The lowest BCUT2D eigenvalue weighted by atomic mass is 10.0. The fourth-order valence-electron chi connectivity index (χ4n) is 4.80. The first kappa shape index (κ1) is 29.1. The first-order valence-electron chi connectivity index (χ1n) is 14.8. The Hall–Kier alpha value is -2.09. The summed E-state index contributed by atoms with van der Waals surface area (Å²) < 4.78 is 2.33. The molecule has 0 amide bonds. The van der Waals surface area contributed by atoms with Gasteiger partial charge in [0, 0.05) is 37.3 Å². The smallest absolute Gasteiger partial charge is 0.169 e. The van der Waals surface area contributed by atoms with Gasteiger partial charge >= 0.3 is 0 Å². The number of anilines is 1. The molecule has 0 unspecified atom stereocenters. The zero-order chi connectivity index (χ0) is 25.0. The maximum atomic E-state index is 2.38. The van der Waals surface area contributed by atoms with E-state index in [2.05, 4.69) is 91.2 Å². The van der Waals surface area contributed by atoms with Gasteiger partial charge in [-0.25, -0.2) is 4.57 Å². The summed E-state index contributed by atoms with van der Waals surface area (Å²) in [7, 11) is 0. The largest absolute Gasteiger partial charge is 0.372 e. The number of rotatable bonds is 20. The molecular weight excluding hydrogens is 424 g/mol. The van der Waals surface area contributed by atoms with E-state index in [9.17, 15) is 0 Å². The highest BCUT2D eigenvalue weighted by Gasteiger charge is 2.02. The van der Waals surface area contributed by atoms with E-state index in [4.69, 9.17) is 0 Å². The Morgan fingerprint density at radius 3 is 1.43 bits per heavy atom. The first-order valence-corrected chi connectivity index (χ1v) is 14.8. The highest BCUT2D eigenvalue weighted by Crippen LogP contribution is 2.17. The number of unbranched alkanes of at least 4 members (excludes halogenated alkanes) is 13. The summed E-state index contributed by atoms with van der Waals surface area (Å²) in [4.78, 5) is 2.38. The minimum Gasteiger partial charge on any atom is -0.372 e. The zero-order valence-electron chi connectivity index (χ0n) is 23.2. The van der Waals surface area contributed by atoms with Crippen LogP contribution in [0.15, 0.2) is 48.8 Å². The normalized spacial score (nSPS) is 11.4. The SMILES string of the molecule is CCCCCCCCCCCCCCCC[n+]1ccc(/C=C/c2ccc(N(CC)CC)cc2)cc1. The van der Waals surface area contributed by atoms with E-state index in [1.165, 1.54) is 107 Å². The van der Waals surface area contributed by atoms with Gasteiger partial charge < -0.3 is 4.90 Å². The molecule has 0 radical (unpaired) electrons. The quantitative estimate of drug-likeness (QED) is 0.136. The molecular formula is C33H53N2+. The van der Waals surface area contributed by atoms with E-state index in [-0.39, 0.29) is 0 Å². The molecule has 0 spiro atoms. The second kappa shape index (κ2) is 19.1. The maximum absolute atomic E-state index is 2.38. The van der Waals surface area contributed by atoms with E-state index in [1.807, 2.05) is 0 Å². The van der Waals surface area contributed by atoms with E-state index < -0.39 is 0 Å². The molecule has 2 heteroatoms. The molecule has 1 aromatic heterocycles. The molecule has 0 bridgehead atoms. The molecule has 0 aliphatic carbocycles. The topological polar surface area (TPSA) is 7.12 Å². The van der Waals surface area contributed by atoms with Crippen LogP contribution in [0.1, 0.15) is 122 Å². The third kappa shape index (κ3) is 13.0. The van der Waals surface area contributed by atoms with Crippen molar-refractivity contribution >= 4 is 17.8 Å². The average Bonchev–Trinajstić information content (AvgIpc) is 2.90. The van der Waals surface area contributed by atoms with Crippen molar-refractivity contribution in [3.63, 3.8) is 0 Å². The van der Waals surface area contributed by atoms with Gasteiger partial charge in [0.15, 0.2) is 12.4 Å². The fourth-order valence-corrected chi connectivity index (χ4v) is 4.80. The minimum absolute atomic E-state index is 1.05. The Morgan fingerprint density at radius 2 is 0.971 bits per heavy atom. The van der Waals surface area contributed by atoms with Crippen LogP contribution in [0.5, 0.6) is 0 Å². The van der Waals surface area contributed by atoms with Gasteiger partial charge in [-0.05, 0) is 43.5 Å². The van der Waals surface area contributed by atoms with Crippen molar-refractivity contribution in [2.45, 2.75) is 117 Å². The third-order valence-electron chi connectivity index (χ3n) is 7.18. The summed E-state index contributed by atoms with van der Waals surface area (Å²) in [6, 6.07) is 13.3. The van der Waals surface area contributed by atoms with E-state index in [1.54, 1.807) is 0 Å². The van der Waals surface area contributed by atoms with Gasteiger partial charge in [0.1, 0.15) is 6.54 Å². The molecule has 194 valence electrons. The summed E-state index contributed by atoms with van der Waals surface area (Å²) in [5.74, 6) is 0. The lowest BCUT2D eigenvalue weighted by molar-refractivity contribution is -0.697. The van der Waals surface area contributed by atoms with Crippen LogP contribution in [-0.2, 0) is 6.54 Å². The number of hydrogen-bond acceptors (Lipinski definition) is 1. The van der Waals surface area contributed by atoms with Crippen molar-refractivity contribution in [3.8, 4) is 0 Å². The van der Waals surface area contributed by atoms with Gasteiger partial charge in [-0.2, -0.15) is 0 Å². The predicted molar refractivity (Wildman–Crippen MR) is 156 cm³/mol. The summed E-state index contributed by atoms with van der Waals surface area (Å²) >= 11 is 0. The molecule has 2 aromatic rings. The molecule has 2 rings (SSSR count). The Labute approximate surface area is 217 Å². The van der Waals surface area contributed by atoms with Gasteiger partial charge in [-0.15, -0.1) is 0 Å². The monoisotopic (exact) mass is 477 g/mol. The average molecular weight is 478 g/mol. The number of aromatic nitrogens is 1. The minimum atomic E-state index is 1.05. The van der Waals surface area contributed by atoms with E-state index in [0.29, 0.717) is 0 Å². The van der Waals surface area contributed by atoms with Gasteiger partial charge in [0.2, 0.25) is 0 Å². The highest BCUT2D eigenvalue weighted by atomic mass is 15.1. The first-order chi connectivity index (χ1) is 17.3. The molecule has 1 heterocycles. The Balaban J connectivity index is 1.53. The molecule has 0 aliphatic heterocycles. The maximum Gasteiger partial charge on any atom is 0.169 e. The van der Waals surface area contributed by atoms with Crippen LogP contribution in [0.4, 0.5) is 5.69 Å². The second-order valence-electron chi connectivity index (χ2n) is 10.1. The molecule has 0 saturated carbocycles. The third-order valence-corrected chi connectivity index (χ3v) is 7.18. The molecule has 0 saturated heterocycles. The number of benzene rings is 1. The van der Waals surface area contributed by atoms with Crippen LogP contribution in [0.3, 0.4) is 0 Å². The second-order valence-corrected chi connectivity index (χ2v) is 10.1. The Bertz CT molecular complexity index is 772. The van der Waals surface area contributed by atoms with Crippen LogP contribution in [0.2, 0.25) is 0 Å². The number of nitrogens with zero attached hydrogens (tertiary/aromatic N) is 2. The molecule has 0 aliphatic rings. The zero-order valence-corrected chi connectivity index (χ0v) is 23.2. The number of pyridine rings is 1. The molecule has 0 atom stereocenters. The van der Waals surface area contributed by atoms with E-state index >= 15 is 0 Å². The fraction of sp³-hybridized carbons (Fsp3) is 0.606. The molecule has 35 heavy (non-hydrogen) atoms. The van der Waals surface area contributed by atoms with E-state index in [0.717, 1.165) is 19.6 Å². The molecule has 0 N–H and O–H groups in total. The highest BCUT2D eigenvalue weighted by molar-refractivity contribution is 5.70. The number of hydrogen-bond donors (Lipinski definition) is 0.